The SMILES string of the molecule is CN(C)c1c(Cl)cccc1NC(=O)[C@@H]1CCCN1. The lowest BCUT2D eigenvalue weighted by Gasteiger charge is -2.20. The number of para-hydroxylation sites is 1. The zero-order valence-electron chi connectivity index (χ0n) is 10.7. The molecule has 18 heavy (non-hydrogen) atoms. The Kier molecular flexibility index (Phi) is 4.09. The third kappa shape index (κ3) is 2.76. The molecule has 98 valence electrons. The van der Waals surface area contributed by atoms with Crippen LogP contribution in [0, 0.1) is 0 Å². The Hall–Kier alpha value is -1.26. The zero-order chi connectivity index (χ0) is 13.1. The Morgan fingerprint density at radius 3 is 2.89 bits per heavy atom. The first kappa shape index (κ1) is 13.2. The molecule has 1 aliphatic rings. The van der Waals surface area contributed by atoms with Crippen LogP contribution < -0.4 is 15.5 Å². The van der Waals surface area contributed by atoms with E-state index >= 15 is 0 Å². The lowest BCUT2D eigenvalue weighted by atomic mass is 10.2. The van der Waals surface area contributed by atoms with Gasteiger partial charge in [0.25, 0.3) is 0 Å². The molecule has 0 unspecified atom stereocenters. The van der Waals surface area contributed by atoms with Gasteiger partial charge in [-0.2, -0.15) is 0 Å². The number of anilines is 2. The van der Waals surface area contributed by atoms with Gasteiger partial charge >= 0.3 is 0 Å². The molecule has 5 heteroatoms. The fraction of sp³-hybridized carbons (Fsp3) is 0.462. The predicted molar refractivity (Wildman–Crippen MR) is 75.4 cm³/mol. The van der Waals surface area contributed by atoms with Crippen molar-refractivity contribution in [2.24, 2.45) is 0 Å². The van der Waals surface area contributed by atoms with E-state index in [1.54, 1.807) is 0 Å². The molecular weight excluding hydrogens is 250 g/mol. The van der Waals surface area contributed by atoms with Crippen molar-refractivity contribution in [1.82, 2.24) is 5.32 Å². The molecule has 1 fully saturated rings. The highest BCUT2D eigenvalue weighted by Gasteiger charge is 2.23. The maximum atomic E-state index is 12.1. The fourth-order valence-electron chi connectivity index (χ4n) is 2.20. The van der Waals surface area contributed by atoms with Crippen LogP contribution in [0.5, 0.6) is 0 Å². The number of amides is 1. The lowest BCUT2D eigenvalue weighted by Crippen LogP contribution is -2.35. The maximum Gasteiger partial charge on any atom is 0.241 e. The first-order valence-corrected chi connectivity index (χ1v) is 6.47. The minimum atomic E-state index is -0.0843. The second-order valence-electron chi connectivity index (χ2n) is 4.67. The largest absolute Gasteiger partial charge is 0.375 e. The van der Waals surface area contributed by atoms with Crippen molar-refractivity contribution in [2.45, 2.75) is 18.9 Å². The van der Waals surface area contributed by atoms with Crippen LogP contribution in [-0.4, -0.2) is 32.6 Å². The van der Waals surface area contributed by atoms with Crippen molar-refractivity contribution in [2.75, 3.05) is 30.9 Å². The van der Waals surface area contributed by atoms with Crippen LogP contribution >= 0.6 is 11.6 Å². The predicted octanol–water partition coefficient (Wildman–Crippen LogP) is 2.10. The third-order valence-corrected chi connectivity index (χ3v) is 3.37. The highest BCUT2D eigenvalue weighted by Crippen LogP contribution is 2.32. The smallest absolute Gasteiger partial charge is 0.241 e. The summed E-state index contributed by atoms with van der Waals surface area (Å²) in [6.07, 6.45) is 1.94. The average molecular weight is 268 g/mol. The summed E-state index contributed by atoms with van der Waals surface area (Å²) in [7, 11) is 3.81. The van der Waals surface area contributed by atoms with E-state index in [4.69, 9.17) is 11.6 Å². The van der Waals surface area contributed by atoms with Gasteiger partial charge < -0.3 is 15.5 Å². The Balaban J connectivity index is 2.18. The van der Waals surface area contributed by atoms with Crippen molar-refractivity contribution in [3.8, 4) is 0 Å². The molecule has 2 N–H and O–H groups in total. The van der Waals surface area contributed by atoms with E-state index in [1.807, 2.05) is 37.2 Å². The normalized spacial score (nSPS) is 18.7. The summed E-state index contributed by atoms with van der Waals surface area (Å²) in [5, 5.41) is 6.76. The number of carbonyl (C=O) groups is 1. The Bertz CT molecular complexity index is 442. The average Bonchev–Trinajstić information content (AvgIpc) is 2.81. The van der Waals surface area contributed by atoms with E-state index in [2.05, 4.69) is 10.6 Å². The standard InChI is InChI=1S/C13H18ClN3O/c1-17(2)12-9(14)5-3-6-10(12)16-13(18)11-7-4-8-15-11/h3,5-6,11,15H,4,7-8H2,1-2H3,(H,16,18)/t11-/m0/s1. The van der Waals surface area contributed by atoms with Gasteiger partial charge in [-0.25, -0.2) is 0 Å². The van der Waals surface area contributed by atoms with E-state index in [0.29, 0.717) is 5.02 Å². The molecule has 1 aliphatic heterocycles. The van der Waals surface area contributed by atoms with Crippen LogP contribution in [0.2, 0.25) is 5.02 Å². The Morgan fingerprint density at radius 1 is 1.50 bits per heavy atom. The van der Waals surface area contributed by atoms with Crippen molar-refractivity contribution < 1.29 is 4.79 Å². The van der Waals surface area contributed by atoms with Gasteiger partial charge in [-0.15, -0.1) is 0 Å². The molecule has 0 spiro atoms. The number of benzene rings is 1. The van der Waals surface area contributed by atoms with Crippen LogP contribution in [-0.2, 0) is 4.79 Å². The number of halogens is 1. The van der Waals surface area contributed by atoms with Crippen LogP contribution in [0.3, 0.4) is 0 Å². The summed E-state index contributed by atoms with van der Waals surface area (Å²) >= 11 is 6.16. The van der Waals surface area contributed by atoms with E-state index in [9.17, 15) is 4.79 Å². The zero-order valence-corrected chi connectivity index (χ0v) is 11.4. The molecule has 0 bridgehead atoms. The molecular formula is C13H18ClN3O. The minimum absolute atomic E-state index is 0.0119. The molecule has 1 aromatic rings. The Morgan fingerprint density at radius 2 is 2.28 bits per heavy atom. The molecule has 0 aromatic heterocycles. The monoisotopic (exact) mass is 267 g/mol. The number of nitrogens with zero attached hydrogens (tertiary/aromatic N) is 1. The highest BCUT2D eigenvalue weighted by atomic mass is 35.5. The summed E-state index contributed by atoms with van der Waals surface area (Å²) in [4.78, 5) is 14.0. The number of nitrogens with one attached hydrogen (secondary N) is 2. The molecule has 1 aromatic carbocycles. The van der Waals surface area contributed by atoms with Crippen LogP contribution in [0.1, 0.15) is 12.8 Å². The molecule has 1 atom stereocenters. The van der Waals surface area contributed by atoms with E-state index < -0.39 is 0 Å². The first-order valence-electron chi connectivity index (χ1n) is 6.09. The summed E-state index contributed by atoms with van der Waals surface area (Å²) in [5.41, 5.74) is 1.59. The van der Waals surface area contributed by atoms with Crippen molar-refractivity contribution >= 4 is 28.9 Å². The quantitative estimate of drug-likeness (QED) is 0.882. The van der Waals surface area contributed by atoms with Crippen molar-refractivity contribution in [3.05, 3.63) is 23.2 Å². The second kappa shape index (κ2) is 5.59. The van der Waals surface area contributed by atoms with Gasteiger partial charge in [0.1, 0.15) is 0 Å². The third-order valence-electron chi connectivity index (χ3n) is 3.07. The summed E-state index contributed by atoms with van der Waals surface area (Å²) in [6.45, 7) is 0.911. The second-order valence-corrected chi connectivity index (χ2v) is 5.08. The molecule has 0 saturated carbocycles. The topological polar surface area (TPSA) is 44.4 Å². The lowest BCUT2D eigenvalue weighted by molar-refractivity contribution is -0.117. The molecule has 0 radical (unpaired) electrons. The van der Waals surface area contributed by atoms with Gasteiger partial charge in [-0.05, 0) is 31.5 Å². The van der Waals surface area contributed by atoms with Gasteiger partial charge in [-0.3, -0.25) is 4.79 Å². The number of hydrogen-bond donors (Lipinski definition) is 2. The van der Waals surface area contributed by atoms with E-state index in [1.165, 1.54) is 0 Å². The fourth-order valence-corrected chi connectivity index (χ4v) is 2.54. The van der Waals surface area contributed by atoms with Crippen LogP contribution in [0.4, 0.5) is 11.4 Å². The maximum absolute atomic E-state index is 12.1. The molecule has 0 aliphatic carbocycles. The van der Waals surface area contributed by atoms with Gasteiger partial charge in [0.15, 0.2) is 0 Å². The van der Waals surface area contributed by atoms with E-state index in [0.717, 1.165) is 30.8 Å². The first-order chi connectivity index (χ1) is 8.59. The summed E-state index contributed by atoms with van der Waals surface area (Å²) in [6, 6.07) is 5.44. The number of hydrogen-bond acceptors (Lipinski definition) is 3. The summed E-state index contributed by atoms with van der Waals surface area (Å²) < 4.78 is 0. The molecule has 1 heterocycles. The van der Waals surface area contributed by atoms with Crippen LogP contribution in [0.25, 0.3) is 0 Å². The molecule has 1 amide bonds. The number of rotatable bonds is 3. The number of carbonyl (C=O) groups excluding carboxylic acids is 1. The van der Waals surface area contributed by atoms with E-state index in [-0.39, 0.29) is 11.9 Å². The van der Waals surface area contributed by atoms with Crippen LogP contribution in [0.15, 0.2) is 18.2 Å². The van der Waals surface area contributed by atoms with Crippen molar-refractivity contribution in [1.29, 1.82) is 0 Å². The van der Waals surface area contributed by atoms with Gasteiger partial charge in [0.2, 0.25) is 5.91 Å². The molecule has 2 rings (SSSR count). The van der Waals surface area contributed by atoms with Crippen molar-refractivity contribution in [3.63, 3.8) is 0 Å². The Labute approximate surface area is 112 Å². The van der Waals surface area contributed by atoms with Gasteiger partial charge in [0.05, 0.1) is 22.4 Å². The highest BCUT2D eigenvalue weighted by molar-refractivity contribution is 6.34. The molecule has 4 nitrogen and oxygen atoms in total. The van der Waals surface area contributed by atoms with Gasteiger partial charge in [0, 0.05) is 14.1 Å². The summed E-state index contributed by atoms with van der Waals surface area (Å²) in [5.74, 6) is 0.0119. The molecule has 1 saturated heterocycles. The van der Waals surface area contributed by atoms with Gasteiger partial charge in [-0.1, -0.05) is 17.7 Å². The minimum Gasteiger partial charge on any atom is -0.375 e.